The Kier molecular flexibility index (Phi) is 4.87. The second-order valence-corrected chi connectivity index (χ2v) is 8.68. The summed E-state index contributed by atoms with van der Waals surface area (Å²) < 4.78 is 40.0. The van der Waals surface area contributed by atoms with Crippen molar-refractivity contribution in [3.63, 3.8) is 0 Å². The average Bonchev–Trinajstić information content (AvgIpc) is 2.80. The maximum absolute atomic E-state index is 13.1. The van der Waals surface area contributed by atoms with Gasteiger partial charge in [0.25, 0.3) is 0 Å². The molecule has 0 aliphatic carbocycles. The molecule has 2 saturated heterocycles. The summed E-state index contributed by atoms with van der Waals surface area (Å²) in [7, 11) is -3.65. The summed E-state index contributed by atoms with van der Waals surface area (Å²) in [5.74, 6) is -0.383. The largest absolute Gasteiger partial charge is 0.323 e. The van der Waals surface area contributed by atoms with Gasteiger partial charge in [0.2, 0.25) is 15.9 Å². The maximum Gasteiger partial charge on any atom is 0.243 e. The predicted molar refractivity (Wildman–Crippen MR) is 91.7 cm³/mol. The number of carbonyl (C=O) groups excluding carboxylic acids is 1. The third kappa shape index (κ3) is 3.18. The van der Waals surface area contributed by atoms with Gasteiger partial charge >= 0.3 is 0 Å². The molecule has 1 atom stereocenters. The Labute approximate surface area is 148 Å². The summed E-state index contributed by atoms with van der Waals surface area (Å²) in [5, 5.41) is 3.38. The molecule has 1 spiro atoms. The molecule has 6 nitrogen and oxygen atoms in total. The molecule has 2 aliphatic heterocycles. The van der Waals surface area contributed by atoms with Crippen LogP contribution in [0, 0.1) is 5.82 Å². The van der Waals surface area contributed by atoms with E-state index in [0.717, 1.165) is 18.6 Å². The number of sulfonamides is 1. The lowest BCUT2D eigenvalue weighted by Gasteiger charge is -2.44. The van der Waals surface area contributed by atoms with E-state index in [4.69, 9.17) is 0 Å². The van der Waals surface area contributed by atoms with Gasteiger partial charge in [-0.15, -0.1) is 0 Å². The number of benzene rings is 1. The quantitative estimate of drug-likeness (QED) is 0.874. The Morgan fingerprint density at radius 2 is 1.84 bits per heavy atom. The zero-order valence-electron chi connectivity index (χ0n) is 14.5. The van der Waals surface area contributed by atoms with Crippen LogP contribution in [0.25, 0.3) is 0 Å². The Morgan fingerprint density at radius 3 is 2.40 bits per heavy atom. The van der Waals surface area contributed by atoms with Crippen LogP contribution in [0.5, 0.6) is 0 Å². The third-order valence-electron chi connectivity index (χ3n) is 5.09. The fourth-order valence-corrected chi connectivity index (χ4v) is 5.24. The van der Waals surface area contributed by atoms with E-state index in [1.807, 2.05) is 18.7 Å². The number of piperidine rings is 1. The second kappa shape index (κ2) is 6.66. The Bertz CT molecular complexity index is 743. The molecule has 138 valence electrons. The van der Waals surface area contributed by atoms with Crippen LogP contribution in [-0.4, -0.2) is 54.9 Å². The minimum Gasteiger partial charge on any atom is -0.323 e. The molecule has 0 bridgehead atoms. The topological polar surface area (TPSA) is 69.7 Å². The number of hydrogen-bond acceptors (Lipinski definition) is 4. The van der Waals surface area contributed by atoms with Crippen LogP contribution >= 0.6 is 0 Å². The Balaban J connectivity index is 1.77. The van der Waals surface area contributed by atoms with Crippen LogP contribution in [-0.2, 0) is 14.8 Å². The first-order valence-electron chi connectivity index (χ1n) is 8.65. The number of hydrogen-bond donors (Lipinski definition) is 1. The lowest BCUT2D eigenvalue weighted by molar-refractivity contribution is -0.133. The molecule has 0 aromatic heterocycles. The fraction of sp³-hybridized carbons (Fsp3) is 0.588. The van der Waals surface area contributed by atoms with E-state index >= 15 is 0 Å². The van der Waals surface area contributed by atoms with Crippen molar-refractivity contribution >= 4 is 15.9 Å². The zero-order chi connectivity index (χ0) is 18.2. The highest BCUT2D eigenvalue weighted by Crippen LogP contribution is 2.34. The molecule has 3 rings (SSSR count). The van der Waals surface area contributed by atoms with E-state index < -0.39 is 21.5 Å². The number of nitrogens with zero attached hydrogens (tertiary/aromatic N) is 2. The van der Waals surface area contributed by atoms with E-state index in [1.54, 1.807) is 0 Å². The molecule has 25 heavy (non-hydrogen) atoms. The minimum absolute atomic E-state index is 0.0803. The van der Waals surface area contributed by atoms with Gasteiger partial charge in [0.15, 0.2) is 0 Å². The van der Waals surface area contributed by atoms with E-state index in [-0.39, 0.29) is 16.8 Å². The van der Waals surface area contributed by atoms with Crippen molar-refractivity contribution in [3.05, 3.63) is 30.1 Å². The Hall–Kier alpha value is -1.51. The van der Waals surface area contributed by atoms with Crippen molar-refractivity contribution in [2.75, 3.05) is 19.6 Å². The van der Waals surface area contributed by atoms with Crippen molar-refractivity contribution in [3.8, 4) is 0 Å². The summed E-state index contributed by atoms with van der Waals surface area (Å²) in [6, 6.07) is 4.64. The summed E-state index contributed by atoms with van der Waals surface area (Å²) in [5.41, 5.74) is -0.457. The molecular weight excluding hydrogens is 345 g/mol. The van der Waals surface area contributed by atoms with Gasteiger partial charge in [0, 0.05) is 19.6 Å². The summed E-state index contributed by atoms with van der Waals surface area (Å²) in [4.78, 5) is 14.4. The smallest absolute Gasteiger partial charge is 0.243 e. The lowest BCUT2D eigenvalue weighted by Crippen LogP contribution is -2.59. The number of halogens is 1. The number of carbonyl (C=O) groups is 1. The van der Waals surface area contributed by atoms with Gasteiger partial charge in [-0.2, -0.15) is 4.31 Å². The van der Waals surface area contributed by atoms with Gasteiger partial charge in [0.1, 0.15) is 5.82 Å². The summed E-state index contributed by atoms with van der Waals surface area (Å²) in [6.07, 6.45) is 1.95. The Morgan fingerprint density at radius 1 is 1.24 bits per heavy atom. The molecule has 1 N–H and O–H groups in total. The highest BCUT2D eigenvalue weighted by molar-refractivity contribution is 7.89. The minimum atomic E-state index is -3.65. The number of rotatable bonds is 4. The molecule has 2 fully saturated rings. The number of amides is 1. The van der Waals surface area contributed by atoms with Gasteiger partial charge in [-0.25, -0.2) is 12.8 Å². The van der Waals surface area contributed by atoms with E-state index in [9.17, 15) is 17.6 Å². The van der Waals surface area contributed by atoms with Crippen molar-refractivity contribution in [1.82, 2.24) is 14.5 Å². The summed E-state index contributed by atoms with van der Waals surface area (Å²) >= 11 is 0. The summed E-state index contributed by atoms with van der Waals surface area (Å²) in [6.45, 7) is 5.19. The zero-order valence-corrected chi connectivity index (χ0v) is 15.4. The average molecular weight is 369 g/mol. The standard InChI is InChI=1S/C17H24FN3O3S/c1-3-10-21-16(22)13(2)19-17(21)8-11-20(12-9-17)25(23,24)15-6-4-14(18)5-7-15/h4-7,13,19H,3,8-12H2,1-2H3. The molecule has 0 saturated carbocycles. The van der Waals surface area contributed by atoms with Crippen LogP contribution < -0.4 is 5.32 Å². The molecule has 1 aromatic carbocycles. The van der Waals surface area contributed by atoms with E-state index in [1.165, 1.54) is 16.4 Å². The fourth-order valence-electron chi connectivity index (χ4n) is 3.80. The predicted octanol–water partition coefficient (Wildman–Crippen LogP) is 1.54. The highest BCUT2D eigenvalue weighted by atomic mass is 32.2. The third-order valence-corrected chi connectivity index (χ3v) is 7.00. The molecule has 1 unspecified atom stereocenters. The van der Waals surface area contributed by atoms with Crippen LogP contribution in [0.15, 0.2) is 29.2 Å². The molecule has 0 radical (unpaired) electrons. The van der Waals surface area contributed by atoms with E-state index in [0.29, 0.717) is 32.5 Å². The van der Waals surface area contributed by atoms with Gasteiger partial charge in [0.05, 0.1) is 16.6 Å². The van der Waals surface area contributed by atoms with E-state index in [2.05, 4.69) is 5.32 Å². The molecule has 2 heterocycles. The van der Waals surface area contributed by atoms with Crippen LogP contribution in [0.3, 0.4) is 0 Å². The second-order valence-electron chi connectivity index (χ2n) is 6.75. The van der Waals surface area contributed by atoms with Crippen LogP contribution in [0.2, 0.25) is 0 Å². The molecule has 2 aliphatic rings. The lowest BCUT2D eigenvalue weighted by atomic mass is 9.97. The van der Waals surface area contributed by atoms with Gasteiger partial charge in [-0.1, -0.05) is 6.92 Å². The molecule has 8 heteroatoms. The van der Waals surface area contributed by atoms with Crippen molar-refractivity contribution < 1.29 is 17.6 Å². The van der Waals surface area contributed by atoms with Gasteiger partial charge < -0.3 is 4.90 Å². The number of nitrogens with one attached hydrogen (secondary N) is 1. The van der Waals surface area contributed by atoms with Crippen molar-refractivity contribution in [2.45, 2.75) is 49.7 Å². The first-order valence-corrected chi connectivity index (χ1v) is 10.1. The van der Waals surface area contributed by atoms with Crippen LogP contribution in [0.1, 0.15) is 33.1 Å². The first-order chi connectivity index (χ1) is 11.8. The van der Waals surface area contributed by atoms with Gasteiger partial charge in [-0.05, 0) is 50.5 Å². The first kappa shape index (κ1) is 18.3. The maximum atomic E-state index is 13.1. The van der Waals surface area contributed by atoms with Gasteiger partial charge in [-0.3, -0.25) is 10.1 Å². The molecule has 1 aromatic rings. The highest BCUT2D eigenvalue weighted by Gasteiger charge is 2.50. The van der Waals surface area contributed by atoms with Crippen LogP contribution in [0.4, 0.5) is 4.39 Å². The normalized spacial score (nSPS) is 24.2. The van der Waals surface area contributed by atoms with Crippen molar-refractivity contribution in [1.29, 1.82) is 0 Å². The molecular formula is C17H24FN3O3S. The SMILES string of the molecule is CCCN1C(=O)C(C)NC12CCN(S(=O)(=O)c1ccc(F)cc1)CC2. The molecule has 1 amide bonds. The monoisotopic (exact) mass is 369 g/mol. The van der Waals surface area contributed by atoms with Crippen molar-refractivity contribution in [2.24, 2.45) is 0 Å².